The molecule has 2 fully saturated rings. The van der Waals surface area contributed by atoms with Crippen molar-refractivity contribution in [3.63, 3.8) is 0 Å². The Morgan fingerprint density at radius 2 is 2.18 bits per heavy atom. The number of likely N-dealkylation sites (N-methyl/N-ethyl adjacent to an activating group) is 1. The Kier molecular flexibility index (Phi) is 5.26. The van der Waals surface area contributed by atoms with Crippen molar-refractivity contribution in [2.75, 3.05) is 26.7 Å². The van der Waals surface area contributed by atoms with Gasteiger partial charge in [0, 0.05) is 25.2 Å². The first-order valence-corrected chi connectivity index (χ1v) is 7.31. The predicted molar refractivity (Wildman–Crippen MR) is 71.3 cm³/mol. The Labute approximate surface area is 106 Å². The molecular formula is C14H28N2O. The molecule has 100 valence electrons. The lowest BCUT2D eigenvalue weighted by Crippen LogP contribution is -2.39. The third kappa shape index (κ3) is 4.57. The first-order valence-electron chi connectivity index (χ1n) is 7.31. The first-order chi connectivity index (χ1) is 8.27. The van der Waals surface area contributed by atoms with Crippen molar-refractivity contribution in [1.82, 2.24) is 10.2 Å². The second-order valence-electron chi connectivity index (χ2n) is 5.73. The van der Waals surface area contributed by atoms with Gasteiger partial charge in [0.05, 0.1) is 6.10 Å². The van der Waals surface area contributed by atoms with Gasteiger partial charge in [-0.1, -0.05) is 0 Å². The van der Waals surface area contributed by atoms with Crippen LogP contribution in [0, 0.1) is 0 Å². The topological polar surface area (TPSA) is 24.5 Å². The zero-order valence-electron chi connectivity index (χ0n) is 11.5. The molecule has 1 aliphatic heterocycles. The molecule has 1 aliphatic carbocycles. The summed E-state index contributed by atoms with van der Waals surface area (Å²) in [6.07, 6.45) is 8.40. The molecule has 0 amide bonds. The van der Waals surface area contributed by atoms with Crippen molar-refractivity contribution in [2.24, 2.45) is 0 Å². The maximum absolute atomic E-state index is 5.62. The van der Waals surface area contributed by atoms with Crippen molar-refractivity contribution in [2.45, 2.75) is 63.6 Å². The van der Waals surface area contributed by atoms with E-state index in [0.29, 0.717) is 12.1 Å². The van der Waals surface area contributed by atoms with E-state index >= 15 is 0 Å². The Morgan fingerprint density at radius 3 is 2.82 bits per heavy atom. The van der Waals surface area contributed by atoms with Gasteiger partial charge in [-0.25, -0.2) is 0 Å². The summed E-state index contributed by atoms with van der Waals surface area (Å²) >= 11 is 0. The van der Waals surface area contributed by atoms with Crippen molar-refractivity contribution in [3.05, 3.63) is 0 Å². The molecule has 0 aromatic rings. The third-order valence-electron chi connectivity index (χ3n) is 4.16. The van der Waals surface area contributed by atoms with Crippen LogP contribution >= 0.6 is 0 Å². The minimum absolute atomic E-state index is 0.559. The number of nitrogens with one attached hydrogen (secondary N) is 1. The number of rotatable bonds is 8. The van der Waals surface area contributed by atoms with E-state index in [1.54, 1.807) is 0 Å². The number of hydrogen-bond acceptors (Lipinski definition) is 3. The van der Waals surface area contributed by atoms with Gasteiger partial charge >= 0.3 is 0 Å². The molecule has 1 saturated carbocycles. The lowest BCUT2D eigenvalue weighted by molar-refractivity contribution is 0.102. The summed E-state index contributed by atoms with van der Waals surface area (Å²) in [4.78, 5) is 2.52. The number of hydrogen-bond donors (Lipinski definition) is 1. The minimum Gasteiger partial charge on any atom is -0.378 e. The van der Waals surface area contributed by atoms with Crippen LogP contribution in [0.5, 0.6) is 0 Å². The van der Waals surface area contributed by atoms with Crippen LogP contribution in [0.4, 0.5) is 0 Å². The monoisotopic (exact) mass is 240 g/mol. The van der Waals surface area contributed by atoms with Crippen LogP contribution in [0.3, 0.4) is 0 Å². The van der Waals surface area contributed by atoms with Gasteiger partial charge in [-0.15, -0.1) is 0 Å². The summed E-state index contributed by atoms with van der Waals surface area (Å²) in [7, 11) is 2.26. The standard InChI is InChI=1S/C14H28N2O/c1-12(16(2)13-7-8-13)11-15-9-3-5-14-6-4-10-17-14/h12-15H,3-11H2,1-2H3. The summed E-state index contributed by atoms with van der Waals surface area (Å²) < 4.78 is 5.62. The summed E-state index contributed by atoms with van der Waals surface area (Å²) in [5.74, 6) is 0. The molecule has 0 aromatic heterocycles. The van der Waals surface area contributed by atoms with Gasteiger partial charge in [0.2, 0.25) is 0 Å². The molecule has 0 radical (unpaired) electrons. The van der Waals surface area contributed by atoms with Gasteiger partial charge in [0.15, 0.2) is 0 Å². The van der Waals surface area contributed by atoms with Gasteiger partial charge in [0.25, 0.3) is 0 Å². The molecule has 17 heavy (non-hydrogen) atoms. The van der Waals surface area contributed by atoms with Crippen molar-refractivity contribution < 1.29 is 4.74 Å². The van der Waals surface area contributed by atoms with E-state index < -0.39 is 0 Å². The molecule has 1 N–H and O–H groups in total. The molecule has 1 heterocycles. The highest BCUT2D eigenvalue weighted by Gasteiger charge is 2.28. The fourth-order valence-electron chi connectivity index (χ4n) is 2.62. The first kappa shape index (κ1) is 13.3. The molecule has 3 heteroatoms. The normalized spacial score (nSPS) is 26.6. The van der Waals surface area contributed by atoms with Gasteiger partial charge < -0.3 is 10.1 Å². The Hall–Kier alpha value is -0.120. The summed E-state index contributed by atoms with van der Waals surface area (Å²) in [5.41, 5.74) is 0. The number of nitrogens with zero attached hydrogens (tertiary/aromatic N) is 1. The van der Waals surface area contributed by atoms with E-state index in [-0.39, 0.29) is 0 Å². The summed E-state index contributed by atoms with van der Waals surface area (Å²) in [6, 6.07) is 1.55. The van der Waals surface area contributed by atoms with Crippen LogP contribution < -0.4 is 5.32 Å². The van der Waals surface area contributed by atoms with Crippen LogP contribution in [0.15, 0.2) is 0 Å². The predicted octanol–water partition coefficient (Wildman–Crippen LogP) is 2.02. The fraction of sp³-hybridized carbons (Fsp3) is 1.00. The highest BCUT2D eigenvalue weighted by atomic mass is 16.5. The van der Waals surface area contributed by atoms with E-state index in [9.17, 15) is 0 Å². The van der Waals surface area contributed by atoms with E-state index in [1.807, 2.05) is 0 Å². The quantitative estimate of drug-likeness (QED) is 0.657. The zero-order chi connectivity index (χ0) is 12.1. The maximum Gasteiger partial charge on any atom is 0.0576 e. The molecule has 2 rings (SSSR count). The van der Waals surface area contributed by atoms with Crippen LogP contribution in [0.25, 0.3) is 0 Å². The Bertz CT molecular complexity index is 212. The average molecular weight is 240 g/mol. The second kappa shape index (κ2) is 6.72. The van der Waals surface area contributed by atoms with Crippen molar-refractivity contribution >= 4 is 0 Å². The fourth-order valence-corrected chi connectivity index (χ4v) is 2.62. The molecule has 2 atom stereocenters. The van der Waals surface area contributed by atoms with E-state index in [0.717, 1.165) is 25.7 Å². The largest absolute Gasteiger partial charge is 0.378 e. The van der Waals surface area contributed by atoms with Crippen LogP contribution in [0.2, 0.25) is 0 Å². The number of ether oxygens (including phenoxy) is 1. The molecular weight excluding hydrogens is 212 g/mol. The van der Waals surface area contributed by atoms with Gasteiger partial charge in [-0.2, -0.15) is 0 Å². The highest BCUT2D eigenvalue weighted by Crippen LogP contribution is 2.26. The molecule has 3 nitrogen and oxygen atoms in total. The SMILES string of the molecule is CC(CNCCCC1CCCO1)N(C)C1CC1. The Balaban J connectivity index is 1.44. The lowest BCUT2D eigenvalue weighted by atomic mass is 10.1. The summed E-state index contributed by atoms with van der Waals surface area (Å²) in [5, 5.41) is 3.58. The molecule has 0 spiro atoms. The van der Waals surface area contributed by atoms with Crippen molar-refractivity contribution in [1.29, 1.82) is 0 Å². The molecule has 1 saturated heterocycles. The molecule has 0 bridgehead atoms. The van der Waals surface area contributed by atoms with E-state index in [2.05, 4.69) is 24.2 Å². The Morgan fingerprint density at radius 1 is 1.35 bits per heavy atom. The average Bonchev–Trinajstić information content (AvgIpc) is 3.05. The lowest BCUT2D eigenvalue weighted by Gasteiger charge is -2.24. The van der Waals surface area contributed by atoms with E-state index in [1.165, 1.54) is 38.5 Å². The maximum atomic E-state index is 5.62. The van der Waals surface area contributed by atoms with Crippen LogP contribution in [0.1, 0.15) is 45.4 Å². The highest BCUT2D eigenvalue weighted by molar-refractivity contribution is 4.85. The third-order valence-corrected chi connectivity index (χ3v) is 4.16. The summed E-state index contributed by atoms with van der Waals surface area (Å²) in [6.45, 7) is 5.58. The molecule has 2 unspecified atom stereocenters. The van der Waals surface area contributed by atoms with Gasteiger partial charge in [-0.05, 0) is 59.0 Å². The second-order valence-corrected chi connectivity index (χ2v) is 5.73. The minimum atomic E-state index is 0.559. The molecule has 0 aromatic carbocycles. The van der Waals surface area contributed by atoms with Crippen LogP contribution in [-0.2, 0) is 4.74 Å². The zero-order valence-corrected chi connectivity index (χ0v) is 11.5. The smallest absolute Gasteiger partial charge is 0.0576 e. The van der Waals surface area contributed by atoms with Gasteiger partial charge in [-0.3, -0.25) is 4.90 Å². The van der Waals surface area contributed by atoms with E-state index in [4.69, 9.17) is 4.74 Å². The van der Waals surface area contributed by atoms with Gasteiger partial charge in [0.1, 0.15) is 0 Å². The molecule has 2 aliphatic rings. The van der Waals surface area contributed by atoms with Crippen molar-refractivity contribution in [3.8, 4) is 0 Å². The van der Waals surface area contributed by atoms with Crippen LogP contribution in [-0.4, -0.2) is 49.8 Å².